The minimum absolute atomic E-state index is 0.334. The summed E-state index contributed by atoms with van der Waals surface area (Å²) in [4.78, 5) is 0.716. The van der Waals surface area contributed by atoms with Gasteiger partial charge in [0, 0.05) is 17.9 Å². The van der Waals surface area contributed by atoms with Gasteiger partial charge in [-0.1, -0.05) is 6.42 Å². The van der Waals surface area contributed by atoms with Crippen LogP contribution in [-0.4, -0.2) is 14.8 Å². The molecule has 1 aliphatic rings. The number of hydrogen-bond donors (Lipinski definition) is 0. The highest BCUT2D eigenvalue weighted by Crippen LogP contribution is 2.31. The van der Waals surface area contributed by atoms with Gasteiger partial charge in [-0.3, -0.25) is 0 Å². The Morgan fingerprint density at radius 3 is 3.00 bits per heavy atom. The van der Waals surface area contributed by atoms with Crippen molar-refractivity contribution in [1.29, 1.82) is 5.26 Å². The average molecular weight is 288 g/mol. The molecule has 2 heterocycles. The number of hydrogen-bond acceptors (Lipinski definition) is 4. The summed E-state index contributed by atoms with van der Waals surface area (Å²) in [6.45, 7) is 0.910. The standard InChI is InChI=1S/C14H13FN4S/c15-11-5-6-12(10(8-11)9-16)20-14-18-17-13-4-2-1-3-7-19(13)14/h5-6,8H,1-4,7H2. The van der Waals surface area contributed by atoms with Crippen molar-refractivity contribution in [3.63, 3.8) is 0 Å². The molecule has 0 spiro atoms. The molecule has 0 saturated heterocycles. The average Bonchev–Trinajstić information content (AvgIpc) is 2.69. The third-order valence-corrected chi connectivity index (χ3v) is 4.40. The summed E-state index contributed by atoms with van der Waals surface area (Å²) in [7, 11) is 0. The molecule has 6 heteroatoms. The Hall–Kier alpha value is -1.87. The third kappa shape index (κ3) is 2.54. The molecule has 1 aliphatic heterocycles. The first-order chi connectivity index (χ1) is 9.78. The predicted molar refractivity (Wildman–Crippen MR) is 72.8 cm³/mol. The summed E-state index contributed by atoms with van der Waals surface area (Å²) in [5.41, 5.74) is 0.334. The van der Waals surface area contributed by atoms with Gasteiger partial charge in [0.05, 0.1) is 5.56 Å². The molecule has 0 atom stereocenters. The van der Waals surface area contributed by atoms with E-state index in [1.165, 1.54) is 30.3 Å². The lowest BCUT2D eigenvalue weighted by Crippen LogP contribution is -2.02. The minimum Gasteiger partial charge on any atom is -0.306 e. The van der Waals surface area contributed by atoms with Crippen LogP contribution in [0.4, 0.5) is 4.39 Å². The summed E-state index contributed by atoms with van der Waals surface area (Å²) >= 11 is 1.38. The van der Waals surface area contributed by atoms with Gasteiger partial charge in [0.15, 0.2) is 5.16 Å². The Morgan fingerprint density at radius 2 is 2.15 bits per heavy atom. The lowest BCUT2D eigenvalue weighted by molar-refractivity contribution is 0.591. The topological polar surface area (TPSA) is 54.5 Å². The highest BCUT2D eigenvalue weighted by molar-refractivity contribution is 7.99. The van der Waals surface area contributed by atoms with Crippen LogP contribution in [0.2, 0.25) is 0 Å². The van der Waals surface area contributed by atoms with Gasteiger partial charge < -0.3 is 4.57 Å². The Balaban J connectivity index is 1.92. The van der Waals surface area contributed by atoms with Crippen molar-refractivity contribution < 1.29 is 4.39 Å². The van der Waals surface area contributed by atoms with E-state index in [1.807, 2.05) is 6.07 Å². The summed E-state index contributed by atoms with van der Waals surface area (Å²) < 4.78 is 15.3. The van der Waals surface area contributed by atoms with Crippen molar-refractivity contribution in [2.45, 2.75) is 42.3 Å². The quantitative estimate of drug-likeness (QED) is 0.851. The maximum absolute atomic E-state index is 13.1. The highest BCUT2D eigenvalue weighted by atomic mass is 32.2. The van der Waals surface area contributed by atoms with E-state index >= 15 is 0 Å². The second kappa shape index (κ2) is 5.63. The molecule has 0 amide bonds. The van der Waals surface area contributed by atoms with Crippen LogP contribution >= 0.6 is 11.8 Å². The van der Waals surface area contributed by atoms with Crippen LogP contribution in [0.1, 0.15) is 30.7 Å². The number of rotatable bonds is 2. The van der Waals surface area contributed by atoms with Crippen LogP contribution in [0.5, 0.6) is 0 Å². The lowest BCUT2D eigenvalue weighted by atomic mass is 10.2. The van der Waals surface area contributed by atoms with Crippen molar-refractivity contribution in [3.8, 4) is 6.07 Å². The van der Waals surface area contributed by atoms with Crippen molar-refractivity contribution in [2.75, 3.05) is 0 Å². The van der Waals surface area contributed by atoms with E-state index in [0.29, 0.717) is 10.5 Å². The Labute approximate surface area is 120 Å². The molecular formula is C14H13FN4S. The lowest BCUT2D eigenvalue weighted by Gasteiger charge is -2.07. The fourth-order valence-electron chi connectivity index (χ4n) is 2.31. The summed E-state index contributed by atoms with van der Waals surface area (Å²) in [5, 5.41) is 18.3. The zero-order valence-corrected chi connectivity index (χ0v) is 11.7. The first-order valence-electron chi connectivity index (χ1n) is 6.57. The Kier molecular flexibility index (Phi) is 3.70. The molecule has 1 aromatic carbocycles. The van der Waals surface area contributed by atoms with Crippen molar-refractivity contribution in [2.24, 2.45) is 0 Å². The van der Waals surface area contributed by atoms with E-state index in [0.717, 1.165) is 36.8 Å². The van der Waals surface area contributed by atoms with Crippen molar-refractivity contribution in [1.82, 2.24) is 14.8 Å². The SMILES string of the molecule is N#Cc1cc(F)ccc1Sc1nnc2n1CCCCC2. The van der Waals surface area contributed by atoms with Gasteiger partial charge in [-0.15, -0.1) is 10.2 Å². The van der Waals surface area contributed by atoms with Crippen LogP contribution in [0.3, 0.4) is 0 Å². The van der Waals surface area contributed by atoms with E-state index in [-0.39, 0.29) is 0 Å². The zero-order valence-electron chi connectivity index (χ0n) is 10.8. The summed E-state index contributed by atoms with van der Waals surface area (Å²) in [5.74, 6) is 0.608. The molecule has 0 saturated carbocycles. The minimum atomic E-state index is -0.397. The molecule has 0 aliphatic carbocycles. The molecule has 1 aromatic heterocycles. The molecule has 0 bridgehead atoms. The molecule has 20 heavy (non-hydrogen) atoms. The monoisotopic (exact) mass is 288 g/mol. The van der Waals surface area contributed by atoms with Gasteiger partial charge in [0.1, 0.15) is 17.7 Å². The number of aromatic nitrogens is 3. The zero-order chi connectivity index (χ0) is 13.9. The number of nitriles is 1. The van der Waals surface area contributed by atoms with E-state index in [1.54, 1.807) is 6.07 Å². The van der Waals surface area contributed by atoms with Crippen LogP contribution in [-0.2, 0) is 13.0 Å². The van der Waals surface area contributed by atoms with Crippen molar-refractivity contribution >= 4 is 11.8 Å². The summed E-state index contributed by atoms with van der Waals surface area (Å²) in [6.07, 6.45) is 4.41. The highest BCUT2D eigenvalue weighted by Gasteiger charge is 2.16. The molecule has 0 unspecified atom stereocenters. The molecule has 2 aromatic rings. The van der Waals surface area contributed by atoms with Crippen LogP contribution < -0.4 is 0 Å². The van der Waals surface area contributed by atoms with Gasteiger partial charge in [-0.25, -0.2) is 4.39 Å². The normalized spacial score (nSPS) is 14.4. The smallest absolute Gasteiger partial charge is 0.196 e. The second-order valence-electron chi connectivity index (χ2n) is 4.72. The molecule has 0 radical (unpaired) electrons. The van der Waals surface area contributed by atoms with Crippen LogP contribution in [0.15, 0.2) is 28.3 Å². The molecule has 3 rings (SSSR count). The predicted octanol–water partition coefficient (Wildman–Crippen LogP) is 3.17. The van der Waals surface area contributed by atoms with Gasteiger partial charge in [-0.05, 0) is 42.8 Å². The van der Waals surface area contributed by atoms with E-state index in [4.69, 9.17) is 5.26 Å². The number of aryl methyl sites for hydroxylation is 1. The van der Waals surface area contributed by atoms with E-state index in [9.17, 15) is 4.39 Å². The number of nitrogens with zero attached hydrogens (tertiary/aromatic N) is 4. The van der Waals surface area contributed by atoms with Gasteiger partial charge >= 0.3 is 0 Å². The molecule has 0 N–H and O–H groups in total. The molecule has 0 fully saturated rings. The van der Waals surface area contributed by atoms with E-state index in [2.05, 4.69) is 14.8 Å². The fourth-order valence-corrected chi connectivity index (χ4v) is 3.25. The van der Waals surface area contributed by atoms with Crippen molar-refractivity contribution in [3.05, 3.63) is 35.4 Å². The molecule has 4 nitrogen and oxygen atoms in total. The van der Waals surface area contributed by atoms with Gasteiger partial charge in [0.2, 0.25) is 0 Å². The second-order valence-corrected chi connectivity index (χ2v) is 5.72. The molecule has 102 valence electrons. The largest absolute Gasteiger partial charge is 0.306 e. The maximum Gasteiger partial charge on any atom is 0.196 e. The third-order valence-electron chi connectivity index (χ3n) is 3.34. The van der Waals surface area contributed by atoms with E-state index < -0.39 is 5.82 Å². The van der Waals surface area contributed by atoms with Gasteiger partial charge in [-0.2, -0.15) is 5.26 Å². The Morgan fingerprint density at radius 1 is 1.25 bits per heavy atom. The maximum atomic E-state index is 13.1. The van der Waals surface area contributed by atoms with Gasteiger partial charge in [0.25, 0.3) is 0 Å². The number of benzene rings is 1. The van der Waals surface area contributed by atoms with Crippen LogP contribution in [0, 0.1) is 17.1 Å². The summed E-state index contributed by atoms with van der Waals surface area (Å²) in [6, 6.07) is 6.26. The Bertz CT molecular complexity index is 674. The fraction of sp³-hybridized carbons (Fsp3) is 0.357. The first-order valence-corrected chi connectivity index (χ1v) is 7.39. The molecular weight excluding hydrogens is 275 g/mol. The van der Waals surface area contributed by atoms with Crippen LogP contribution in [0.25, 0.3) is 0 Å². The number of halogens is 1. The first kappa shape index (κ1) is 13.1. The number of fused-ring (bicyclic) bond motifs is 1.